The summed E-state index contributed by atoms with van der Waals surface area (Å²) in [5.41, 5.74) is 2.05. The van der Waals surface area contributed by atoms with Gasteiger partial charge < -0.3 is 9.47 Å². The molecule has 0 aliphatic heterocycles. The molecule has 0 saturated heterocycles. The minimum absolute atomic E-state index is 0.00370. The van der Waals surface area contributed by atoms with Gasteiger partial charge in [0.25, 0.3) is 0 Å². The maximum atomic E-state index is 12.3. The van der Waals surface area contributed by atoms with E-state index >= 15 is 0 Å². The molecule has 4 nitrogen and oxygen atoms in total. The monoisotopic (exact) mass is 402 g/mol. The molecule has 162 valence electrons. The Morgan fingerprint density at radius 3 is 2.55 bits per heavy atom. The number of esters is 2. The van der Waals surface area contributed by atoms with Gasteiger partial charge in [0.2, 0.25) is 0 Å². The Balaban J connectivity index is 1.56. The van der Waals surface area contributed by atoms with Crippen LogP contribution in [0.1, 0.15) is 79.1 Å². The maximum absolute atomic E-state index is 12.3. The molecule has 0 aromatic carbocycles. The first-order valence-electron chi connectivity index (χ1n) is 11.6. The van der Waals surface area contributed by atoms with Crippen LogP contribution in [0.5, 0.6) is 0 Å². The van der Waals surface area contributed by atoms with Crippen LogP contribution in [0.15, 0.2) is 11.6 Å². The van der Waals surface area contributed by atoms with Crippen LogP contribution in [0, 0.1) is 40.4 Å². The normalized spacial score (nSPS) is 44.6. The Morgan fingerprint density at radius 2 is 1.86 bits per heavy atom. The molecule has 4 aliphatic carbocycles. The molecular formula is C25H38O4. The number of allylic oxidation sites excluding steroid dienone is 1. The van der Waals surface area contributed by atoms with Gasteiger partial charge in [-0.2, -0.15) is 0 Å². The van der Waals surface area contributed by atoms with E-state index in [2.05, 4.69) is 26.8 Å². The SMILES string of the molecule is COC(=O)[C@H](C)[C@@H]1CC[C@@H]2[C@H]3CC=C4C[C@@H](OC(C)=O)CC[C@]4(C)[C@@H]3CC[C@@]21C. The number of carbonyl (C=O) groups excluding carboxylic acids is 2. The van der Waals surface area contributed by atoms with Crippen molar-refractivity contribution < 1.29 is 19.1 Å². The van der Waals surface area contributed by atoms with Gasteiger partial charge in [0.15, 0.2) is 0 Å². The fourth-order valence-corrected chi connectivity index (χ4v) is 8.17. The van der Waals surface area contributed by atoms with Crippen molar-refractivity contribution in [2.45, 2.75) is 85.2 Å². The van der Waals surface area contributed by atoms with Crippen LogP contribution < -0.4 is 0 Å². The highest BCUT2D eigenvalue weighted by atomic mass is 16.5. The molecule has 0 bridgehead atoms. The van der Waals surface area contributed by atoms with E-state index in [1.807, 2.05) is 0 Å². The molecule has 0 N–H and O–H groups in total. The van der Waals surface area contributed by atoms with E-state index in [-0.39, 0.29) is 34.8 Å². The van der Waals surface area contributed by atoms with Crippen LogP contribution in [-0.2, 0) is 19.1 Å². The highest BCUT2D eigenvalue weighted by Gasteiger charge is 2.59. The predicted octanol–water partition coefficient (Wildman–Crippen LogP) is 5.31. The molecule has 8 atom stereocenters. The van der Waals surface area contributed by atoms with Gasteiger partial charge in [0, 0.05) is 13.3 Å². The summed E-state index contributed by atoms with van der Waals surface area (Å²) in [6.07, 6.45) is 11.6. The van der Waals surface area contributed by atoms with Gasteiger partial charge >= 0.3 is 11.9 Å². The van der Waals surface area contributed by atoms with Gasteiger partial charge in [-0.15, -0.1) is 0 Å². The van der Waals surface area contributed by atoms with E-state index < -0.39 is 0 Å². The zero-order valence-corrected chi connectivity index (χ0v) is 18.8. The van der Waals surface area contributed by atoms with Crippen molar-refractivity contribution >= 4 is 11.9 Å². The lowest BCUT2D eigenvalue weighted by molar-refractivity contribution is -0.150. The fraction of sp³-hybridized carbons (Fsp3) is 0.840. The van der Waals surface area contributed by atoms with Gasteiger partial charge in [-0.05, 0) is 79.4 Å². The molecular weight excluding hydrogens is 364 g/mol. The lowest BCUT2D eigenvalue weighted by Gasteiger charge is -2.58. The van der Waals surface area contributed by atoms with Gasteiger partial charge in [-0.3, -0.25) is 9.59 Å². The van der Waals surface area contributed by atoms with Crippen LogP contribution in [0.4, 0.5) is 0 Å². The molecule has 0 aromatic rings. The first kappa shape index (κ1) is 20.9. The molecule has 29 heavy (non-hydrogen) atoms. The largest absolute Gasteiger partial charge is 0.469 e. The standard InChI is InChI=1S/C25H38O4/c1-15(23(27)28-5)20-8-9-21-19-7-6-17-14-18(29-16(2)26)10-12-24(17,3)22(19)11-13-25(20,21)4/h6,15,18-22H,7-14H2,1-5H3/t15-,18+,19-,20+,21-,22-,24+,25-/m1/s1. The lowest BCUT2D eigenvalue weighted by atomic mass is 9.47. The third-order valence-corrected chi connectivity index (χ3v) is 9.64. The molecule has 0 aromatic heterocycles. The Labute approximate surface area is 175 Å². The summed E-state index contributed by atoms with van der Waals surface area (Å²) >= 11 is 0. The Morgan fingerprint density at radius 1 is 1.10 bits per heavy atom. The topological polar surface area (TPSA) is 52.6 Å². The highest BCUT2D eigenvalue weighted by molar-refractivity contribution is 5.72. The number of hydrogen-bond acceptors (Lipinski definition) is 4. The highest BCUT2D eigenvalue weighted by Crippen LogP contribution is 2.67. The lowest BCUT2D eigenvalue weighted by Crippen LogP contribution is -2.51. The van der Waals surface area contributed by atoms with Crippen molar-refractivity contribution in [1.82, 2.24) is 0 Å². The molecule has 0 heterocycles. The van der Waals surface area contributed by atoms with Gasteiger partial charge in [0.05, 0.1) is 13.0 Å². The van der Waals surface area contributed by atoms with Crippen molar-refractivity contribution in [2.75, 3.05) is 7.11 Å². The van der Waals surface area contributed by atoms with Crippen molar-refractivity contribution in [3.8, 4) is 0 Å². The second-order valence-corrected chi connectivity index (χ2v) is 10.8. The summed E-state index contributed by atoms with van der Waals surface area (Å²) in [4.78, 5) is 23.7. The summed E-state index contributed by atoms with van der Waals surface area (Å²) in [5.74, 6) is 2.40. The van der Waals surface area contributed by atoms with Crippen LogP contribution in [-0.4, -0.2) is 25.2 Å². The van der Waals surface area contributed by atoms with Crippen LogP contribution in [0.3, 0.4) is 0 Å². The van der Waals surface area contributed by atoms with E-state index in [0.717, 1.165) is 43.9 Å². The number of hydrogen-bond donors (Lipinski definition) is 0. The predicted molar refractivity (Wildman–Crippen MR) is 112 cm³/mol. The molecule has 0 amide bonds. The van der Waals surface area contributed by atoms with Crippen molar-refractivity contribution in [1.29, 1.82) is 0 Å². The van der Waals surface area contributed by atoms with E-state index in [4.69, 9.17) is 9.47 Å². The van der Waals surface area contributed by atoms with Crippen molar-refractivity contribution in [2.24, 2.45) is 40.4 Å². The van der Waals surface area contributed by atoms with Gasteiger partial charge in [0.1, 0.15) is 6.10 Å². The number of methoxy groups -OCH3 is 1. The molecule has 3 fully saturated rings. The minimum Gasteiger partial charge on any atom is -0.469 e. The third-order valence-electron chi connectivity index (χ3n) is 9.64. The summed E-state index contributed by atoms with van der Waals surface area (Å²) in [7, 11) is 1.52. The third kappa shape index (κ3) is 3.25. The second-order valence-electron chi connectivity index (χ2n) is 10.8. The maximum Gasteiger partial charge on any atom is 0.308 e. The average Bonchev–Trinajstić information content (AvgIpc) is 3.03. The van der Waals surface area contributed by atoms with Crippen LogP contribution >= 0.6 is 0 Å². The van der Waals surface area contributed by atoms with Gasteiger partial charge in [-0.1, -0.05) is 32.4 Å². The molecule has 4 heteroatoms. The van der Waals surface area contributed by atoms with Crippen molar-refractivity contribution in [3.63, 3.8) is 0 Å². The molecule has 0 unspecified atom stereocenters. The van der Waals surface area contributed by atoms with Crippen LogP contribution in [0.2, 0.25) is 0 Å². The Kier molecular flexibility index (Phi) is 5.36. The van der Waals surface area contributed by atoms with Gasteiger partial charge in [-0.25, -0.2) is 0 Å². The molecule has 4 rings (SSSR count). The fourth-order valence-electron chi connectivity index (χ4n) is 8.17. The number of carbonyl (C=O) groups is 2. The molecule has 0 radical (unpaired) electrons. The Hall–Kier alpha value is -1.32. The Bertz CT molecular complexity index is 712. The van der Waals surface area contributed by atoms with E-state index in [9.17, 15) is 9.59 Å². The number of ether oxygens (including phenoxy) is 2. The summed E-state index contributed by atoms with van der Waals surface area (Å²) < 4.78 is 10.7. The second kappa shape index (κ2) is 7.42. The molecule has 3 saturated carbocycles. The smallest absolute Gasteiger partial charge is 0.308 e. The summed E-state index contributed by atoms with van der Waals surface area (Å²) in [6.45, 7) is 8.54. The van der Waals surface area contributed by atoms with Crippen molar-refractivity contribution in [3.05, 3.63) is 11.6 Å². The molecule has 0 spiro atoms. The van der Waals surface area contributed by atoms with Crippen LogP contribution in [0.25, 0.3) is 0 Å². The quantitative estimate of drug-likeness (QED) is 0.474. The zero-order chi connectivity index (χ0) is 21.0. The zero-order valence-electron chi connectivity index (χ0n) is 18.8. The first-order valence-corrected chi connectivity index (χ1v) is 11.6. The van der Waals surface area contributed by atoms with E-state index in [0.29, 0.717) is 11.8 Å². The van der Waals surface area contributed by atoms with E-state index in [1.165, 1.54) is 38.9 Å². The number of rotatable bonds is 3. The summed E-state index contributed by atoms with van der Waals surface area (Å²) in [5, 5.41) is 0. The number of fused-ring (bicyclic) bond motifs is 5. The average molecular weight is 403 g/mol. The summed E-state index contributed by atoms with van der Waals surface area (Å²) in [6, 6.07) is 0. The van der Waals surface area contributed by atoms with E-state index in [1.54, 1.807) is 0 Å². The first-order chi connectivity index (χ1) is 13.7. The molecule has 4 aliphatic rings. The minimum atomic E-state index is -0.155.